The van der Waals surface area contributed by atoms with Crippen molar-refractivity contribution >= 4 is 5.91 Å². The van der Waals surface area contributed by atoms with Gasteiger partial charge in [-0.15, -0.1) is 0 Å². The Morgan fingerprint density at radius 2 is 2.38 bits per heavy atom. The van der Waals surface area contributed by atoms with Crippen molar-refractivity contribution in [3.63, 3.8) is 0 Å². The van der Waals surface area contributed by atoms with Crippen LogP contribution in [0.4, 0.5) is 0 Å². The molecule has 0 aliphatic carbocycles. The zero-order valence-corrected chi connectivity index (χ0v) is 9.64. The third kappa shape index (κ3) is 2.51. The number of carbonyl (C=O) groups excluding carboxylic acids is 1. The molecule has 0 spiro atoms. The monoisotopic (exact) mass is 220 g/mol. The second-order valence-corrected chi connectivity index (χ2v) is 4.11. The van der Waals surface area contributed by atoms with E-state index in [0.29, 0.717) is 12.4 Å². The minimum Gasteiger partial charge on any atom is -0.472 e. The van der Waals surface area contributed by atoms with E-state index in [9.17, 15) is 4.79 Å². The Balaban J connectivity index is 1.94. The van der Waals surface area contributed by atoms with Gasteiger partial charge >= 0.3 is 0 Å². The molecule has 86 valence electrons. The lowest BCUT2D eigenvalue weighted by atomic mass is 10.3. The highest BCUT2D eigenvalue weighted by atomic mass is 16.5. The van der Waals surface area contributed by atoms with Gasteiger partial charge in [0.2, 0.25) is 11.8 Å². The summed E-state index contributed by atoms with van der Waals surface area (Å²) in [5.41, 5.74) is 0.943. The van der Waals surface area contributed by atoms with Crippen LogP contribution in [0.3, 0.4) is 0 Å². The van der Waals surface area contributed by atoms with Gasteiger partial charge in [0.05, 0.1) is 6.54 Å². The van der Waals surface area contributed by atoms with E-state index in [0.717, 1.165) is 18.7 Å². The first kappa shape index (κ1) is 10.9. The fourth-order valence-corrected chi connectivity index (χ4v) is 1.86. The highest BCUT2D eigenvalue weighted by Gasteiger charge is 2.25. The lowest BCUT2D eigenvalue weighted by molar-refractivity contribution is -0.128. The van der Waals surface area contributed by atoms with Crippen molar-refractivity contribution in [3.05, 3.63) is 23.9 Å². The van der Waals surface area contributed by atoms with Crippen LogP contribution in [-0.2, 0) is 4.79 Å². The van der Waals surface area contributed by atoms with E-state index in [1.807, 2.05) is 25.1 Å². The fraction of sp³-hybridized carbons (Fsp3) is 0.500. The highest BCUT2D eigenvalue weighted by molar-refractivity contribution is 5.73. The molecule has 0 radical (unpaired) electrons. The Kier molecular flexibility index (Phi) is 3.08. The number of aryl methyl sites for hydroxylation is 1. The lowest BCUT2D eigenvalue weighted by Crippen LogP contribution is -2.28. The average molecular weight is 220 g/mol. The molecule has 4 nitrogen and oxygen atoms in total. The zero-order valence-electron chi connectivity index (χ0n) is 9.64. The summed E-state index contributed by atoms with van der Waals surface area (Å²) in [6.07, 6.45) is 0.966. The van der Waals surface area contributed by atoms with Crippen LogP contribution in [0.5, 0.6) is 5.88 Å². The molecule has 0 bridgehead atoms. The summed E-state index contributed by atoms with van der Waals surface area (Å²) >= 11 is 0. The van der Waals surface area contributed by atoms with Gasteiger partial charge in [0.1, 0.15) is 6.10 Å². The third-order valence-electron chi connectivity index (χ3n) is 2.74. The second kappa shape index (κ2) is 4.51. The number of hydrogen-bond donors (Lipinski definition) is 0. The molecule has 1 fully saturated rings. The maximum absolute atomic E-state index is 11.2. The van der Waals surface area contributed by atoms with Crippen LogP contribution in [0.25, 0.3) is 0 Å². The first-order chi connectivity index (χ1) is 7.65. The molecule has 0 saturated carbocycles. The summed E-state index contributed by atoms with van der Waals surface area (Å²) in [7, 11) is 0. The van der Waals surface area contributed by atoms with E-state index >= 15 is 0 Å². The van der Waals surface area contributed by atoms with E-state index in [1.54, 1.807) is 11.8 Å². The number of hydrogen-bond acceptors (Lipinski definition) is 3. The number of rotatable bonds is 2. The van der Waals surface area contributed by atoms with Gasteiger partial charge in [-0.2, -0.15) is 0 Å². The largest absolute Gasteiger partial charge is 0.472 e. The van der Waals surface area contributed by atoms with Crippen LogP contribution < -0.4 is 4.74 Å². The van der Waals surface area contributed by atoms with Crippen LogP contribution in [0.15, 0.2) is 18.2 Å². The van der Waals surface area contributed by atoms with Crippen molar-refractivity contribution in [1.29, 1.82) is 0 Å². The number of amides is 1. The predicted molar refractivity (Wildman–Crippen MR) is 60.3 cm³/mol. The second-order valence-electron chi connectivity index (χ2n) is 4.11. The minimum atomic E-state index is 0.0817. The molecule has 1 aromatic heterocycles. The zero-order chi connectivity index (χ0) is 11.5. The molecule has 2 heterocycles. The predicted octanol–water partition coefficient (Wildman–Crippen LogP) is 1.39. The molecule has 2 rings (SSSR count). The van der Waals surface area contributed by atoms with Crippen LogP contribution >= 0.6 is 0 Å². The summed E-state index contributed by atoms with van der Waals surface area (Å²) in [6.45, 7) is 4.98. The van der Waals surface area contributed by atoms with Gasteiger partial charge in [-0.1, -0.05) is 6.07 Å². The van der Waals surface area contributed by atoms with Crippen LogP contribution in [0, 0.1) is 6.92 Å². The summed E-state index contributed by atoms with van der Waals surface area (Å²) < 4.78 is 5.73. The van der Waals surface area contributed by atoms with Crippen LogP contribution in [0.2, 0.25) is 0 Å². The molecule has 1 atom stereocenters. The van der Waals surface area contributed by atoms with Gasteiger partial charge in [0, 0.05) is 31.6 Å². The molecule has 1 aliphatic heterocycles. The van der Waals surface area contributed by atoms with Gasteiger partial charge in [-0.3, -0.25) is 4.79 Å². The van der Waals surface area contributed by atoms with Gasteiger partial charge in [0.25, 0.3) is 0 Å². The number of likely N-dealkylation sites (tertiary alicyclic amines) is 1. The molecule has 1 amide bonds. The Morgan fingerprint density at radius 1 is 1.56 bits per heavy atom. The SMILES string of the molecule is CC(=O)N1CCC(Oc2cccc(C)n2)C1. The van der Waals surface area contributed by atoms with E-state index in [2.05, 4.69) is 4.98 Å². The molecule has 1 unspecified atom stereocenters. The standard InChI is InChI=1S/C12H16N2O2/c1-9-4-3-5-12(13-9)16-11-6-7-14(8-11)10(2)15/h3-5,11H,6-8H2,1-2H3. The van der Waals surface area contributed by atoms with Crippen LogP contribution in [-0.4, -0.2) is 35.0 Å². The molecule has 0 aromatic carbocycles. The van der Waals surface area contributed by atoms with Gasteiger partial charge in [-0.05, 0) is 13.0 Å². The molecule has 1 aromatic rings. The Morgan fingerprint density at radius 3 is 3.00 bits per heavy atom. The first-order valence-electron chi connectivity index (χ1n) is 5.51. The van der Waals surface area contributed by atoms with E-state index in [4.69, 9.17) is 4.74 Å². The Labute approximate surface area is 95.2 Å². The number of ether oxygens (including phenoxy) is 1. The van der Waals surface area contributed by atoms with E-state index < -0.39 is 0 Å². The fourth-order valence-electron chi connectivity index (χ4n) is 1.86. The minimum absolute atomic E-state index is 0.0817. The van der Waals surface area contributed by atoms with Crippen molar-refractivity contribution < 1.29 is 9.53 Å². The van der Waals surface area contributed by atoms with E-state index in [1.165, 1.54) is 0 Å². The number of nitrogens with zero attached hydrogens (tertiary/aromatic N) is 2. The summed E-state index contributed by atoms with van der Waals surface area (Å²) in [5, 5.41) is 0. The molecule has 4 heteroatoms. The topological polar surface area (TPSA) is 42.4 Å². The lowest BCUT2D eigenvalue weighted by Gasteiger charge is -2.15. The smallest absolute Gasteiger partial charge is 0.219 e. The quantitative estimate of drug-likeness (QED) is 0.756. The molecule has 1 saturated heterocycles. The number of pyridine rings is 1. The van der Waals surface area contributed by atoms with Crippen molar-refractivity contribution in [3.8, 4) is 5.88 Å². The van der Waals surface area contributed by atoms with E-state index in [-0.39, 0.29) is 12.0 Å². The van der Waals surface area contributed by atoms with Crippen LogP contribution in [0.1, 0.15) is 19.0 Å². The first-order valence-corrected chi connectivity index (χ1v) is 5.51. The van der Waals surface area contributed by atoms with Crippen molar-refractivity contribution in [2.24, 2.45) is 0 Å². The number of carbonyl (C=O) groups is 1. The van der Waals surface area contributed by atoms with Crippen molar-refractivity contribution in [2.45, 2.75) is 26.4 Å². The molecule has 0 N–H and O–H groups in total. The number of aromatic nitrogens is 1. The van der Waals surface area contributed by atoms with Gasteiger partial charge in [-0.25, -0.2) is 4.98 Å². The molecular formula is C12H16N2O2. The molecule has 16 heavy (non-hydrogen) atoms. The van der Waals surface area contributed by atoms with Gasteiger partial charge in [0.15, 0.2) is 0 Å². The highest BCUT2D eigenvalue weighted by Crippen LogP contribution is 2.16. The molecular weight excluding hydrogens is 204 g/mol. The summed E-state index contributed by atoms with van der Waals surface area (Å²) in [4.78, 5) is 17.2. The normalized spacial score (nSPS) is 19.9. The van der Waals surface area contributed by atoms with Gasteiger partial charge < -0.3 is 9.64 Å². The Hall–Kier alpha value is -1.58. The maximum atomic E-state index is 11.2. The maximum Gasteiger partial charge on any atom is 0.219 e. The summed E-state index contributed by atoms with van der Waals surface area (Å²) in [5.74, 6) is 0.763. The third-order valence-corrected chi connectivity index (χ3v) is 2.74. The average Bonchev–Trinajstić information content (AvgIpc) is 2.66. The van der Waals surface area contributed by atoms with Crippen molar-refractivity contribution in [2.75, 3.05) is 13.1 Å². The summed E-state index contributed by atoms with van der Waals surface area (Å²) in [6, 6.07) is 5.71. The van der Waals surface area contributed by atoms with Crippen molar-refractivity contribution in [1.82, 2.24) is 9.88 Å². The Bertz CT molecular complexity index is 392. The molecule has 1 aliphatic rings.